The molecule has 0 bridgehead atoms. The van der Waals surface area contributed by atoms with Gasteiger partial charge in [0.05, 0.1) is 0 Å². The maximum absolute atomic E-state index is 11.9. The highest BCUT2D eigenvalue weighted by Gasteiger charge is 2.16. The Balaban J connectivity index is 1.79. The van der Waals surface area contributed by atoms with E-state index in [1.807, 2.05) is 4.90 Å². The zero-order valence-corrected chi connectivity index (χ0v) is 10.1. The molecular weight excluding hydrogens is 220 g/mol. The third-order valence-corrected chi connectivity index (χ3v) is 2.91. The second kappa shape index (κ2) is 5.70. The van der Waals surface area contributed by atoms with Crippen molar-refractivity contribution in [2.24, 2.45) is 0 Å². The normalized spacial score (nSPS) is 16.6. The molecule has 5 heteroatoms. The first-order valence-electron chi connectivity index (χ1n) is 6.09. The maximum Gasteiger partial charge on any atom is 0.260 e. The van der Waals surface area contributed by atoms with Crippen molar-refractivity contribution in [1.82, 2.24) is 10.1 Å². The van der Waals surface area contributed by atoms with Gasteiger partial charge in [-0.1, -0.05) is 12.8 Å². The maximum atomic E-state index is 11.9. The Bertz CT molecular complexity index is 368. The van der Waals surface area contributed by atoms with Gasteiger partial charge < -0.3 is 14.2 Å². The summed E-state index contributed by atoms with van der Waals surface area (Å²) in [4.78, 5) is 13.7. The fourth-order valence-electron chi connectivity index (χ4n) is 1.96. The average molecular weight is 238 g/mol. The Kier molecular flexibility index (Phi) is 4.01. The summed E-state index contributed by atoms with van der Waals surface area (Å²) in [5.74, 6) is 1.10. The Hall–Kier alpha value is -1.52. The average Bonchev–Trinajstić information content (AvgIpc) is 2.58. The number of hydrogen-bond acceptors (Lipinski definition) is 4. The quantitative estimate of drug-likeness (QED) is 0.805. The molecule has 0 saturated carbocycles. The molecule has 0 spiro atoms. The van der Waals surface area contributed by atoms with Crippen molar-refractivity contribution in [3.8, 4) is 5.88 Å². The zero-order chi connectivity index (χ0) is 12.1. The van der Waals surface area contributed by atoms with Crippen molar-refractivity contribution in [2.75, 3.05) is 19.7 Å². The topological polar surface area (TPSA) is 55.6 Å². The summed E-state index contributed by atoms with van der Waals surface area (Å²) in [7, 11) is 0. The Morgan fingerprint density at radius 2 is 2.12 bits per heavy atom. The predicted octanol–water partition coefficient (Wildman–Crippen LogP) is 1.76. The molecular formula is C12H18N2O3. The van der Waals surface area contributed by atoms with Crippen LogP contribution in [0.1, 0.15) is 31.4 Å². The molecule has 2 rings (SSSR count). The van der Waals surface area contributed by atoms with Crippen LogP contribution in [0.2, 0.25) is 0 Å². The molecule has 0 unspecified atom stereocenters. The number of likely N-dealkylation sites (tertiary alicyclic amines) is 1. The van der Waals surface area contributed by atoms with E-state index in [0.29, 0.717) is 11.6 Å². The molecule has 0 aliphatic carbocycles. The summed E-state index contributed by atoms with van der Waals surface area (Å²) in [6.45, 7) is 3.53. The molecule has 0 radical (unpaired) electrons. The number of hydrogen-bond donors (Lipinski definition) is 0. The van der Waals surface area contributed by atoms with Gasteiger partial charge in [0, 0.05) is 19.2 Å². The Labute approximate surface area is 101 Å². The summed E-state index contributed by atoms with van der Waals surface area (Å²) < 4.78 is 10.1. The van der Waals surface area contributed by atoms with Gasteiger partial charge >= 0.3 is 0 Å². The van der Waals surface area contributed by atoms with Gasteiger partial charge in [-0.3, -0.25) is 4.79 Å². The van der Waals surface area contributed by atoms with Crippen LogP contribution in [0.15, 0.2) is 10.6 Å². The molecule has 1 fully saturated rings. The molecule has 0 atom stereocenters. The van der Waals surface area contributed by atoms with Gasteiger partial charge in [-0.2, -0.15) is 0 Å². The molecule has 1 aromatic rings. The van der Waals surface area contributed by atoms with Crippen LogP contribution in [0.5, 0.6) is 5.88 Å². The lowest BCUT2D eigenvalue weighted by Crippen LogP contribution is -2.35. The molecule has 1 aromatic heterocycles. The minimum atomic E-state index is 0.0348. The molecule has 0 aromatic carbocycles. The van der Waals surface area contributed by atoms with Crippen molar-refractivity contribution in [3.05, 3.63) is 11.8 Å². The van der Waals surface area contributed by atoms with Gasteiger partial charge in [-0.15, -0.1) is 0 Å². The van der Waals surface area contributed by atoms with E-state index in [4.69, 9.17) is 9.26 Å². The number of carbonyl (C=O) groups is 1. The van der Waals surface area contributed by atoms with Crippen LogP contribution in [0.25, 0.3) is 0 Å². The monoisotopic (exact) mass is 238 g/mol. The minimum Gasteiger partial charge on any atom is -0.465 e. The number of rotatable bonds is 3. The standard InChI is InChI=1S/C12H18N2O3/c1-10-8-11(13-17-10)16-9-12(15)14-6-4-2-3-5-7-14/h8H,2-7,9H2,1H3. The SMILES string of the molecule is Cc1cc(OCC(=O)N2CCCCCC2)no1. The van der Waals surface area contributed by atoms with Gasteiger partial charge in [0.15, 0.2) is 6.61 Å². The van der Waals surface area contributed by atoms with E-state index in [-0.39, 0.29) is 12.5 Å². The molecule has 2 heterocycles. The number of nitrogens with zero attached hydrogens (tertiary/aromatic N) is 2. The first-order valence-corrected chi connectivity index (χ1v) is 6.09. The molecule has 1 amide bonds. The number of aromatic nitrogens is 1. The smallest absolute Gasteiger partial charge is 0.260 e. The molecule has 94 valence electrons. The molecule has 1 saturated heterocycles. The molecule has 1 aliphatic rings. The largest absolute Gasteiger partial charge is 0.465 e. The Morgan fingerprint density at radius 1 is 1.41 bits per heavy atom. The van der Waals surface area contributed by atoms with Gasteiger partial charge in [-0.25, -0.2) is 0 Å². The molecule has 1 aliphatic heterocycles. The summed E-state index contributed by atoms with van der Waals surface area (Å²) >= 11 is 0. The number of carbonyl (C=O) groups excluding carboxylic acids is 1. The zero-order valence-electron chi connectivity index (χ0n) is 10.1. The van der Waals surface area contributed by atoms with Gasteiger partial charge in [-0.05, 0) is 24.9 Å². The first kappa shape index (κ1) is 12.0. The number of ether oxygens (including phenoxy) is 1. The summed E-state index contributed by atoms with van der Waals surface area (Å²) in [5.41, 5.74) is 0. The predicted molar refractivity (Wildman–Crippen MR) is 61.8 cm³/mol. The van der Waals surface area contributed by atoms with E-state index in [1.54, 1.807) is 13.0 Å². The molecule has 5 nitrogen and oxygen atoms in total. The fourth-order valence-corrected chi connectivity index (χ4v) is 1.96. The lowest BCUT2D eigenvalue weighted by molar-refractivity contribution is -0.133. The van der Waals surface area contributed by atoms with E-state index in [2.05, 4.69) is 5.16 Å². The van der Waals surface area contributed by atoms with Gasteiger partial charge in [0.2, 0.25) is 0 Å². The summed E-state index contributed by atoms with van der Waals surface area (Å²) in [6, 6.07) is 1.68. The highest BCUT2D eigenvalue weighted by Crippen LogP contribution is 2.12. The summed E-state index contributed by atoms with van der Waals surface area (Å²) in [6.07, 6.45) is 4.61. The van der Waals surface area contributed by atoms with Crippen LogP contribution in [0.3, 0.4) is 0 Å². The highest BCUT2D eigenvalue weighted by molar-refractivity contribution is 5.77. The van der Waals surface area contributed by atoms with Gasteiger partial charge in [0.25, 0.3) is 11.8 Å². The second-order valence-corrected chi connectivity index (χ2v) is 4.36. The fraction of sp³-hybridized carbons (Fsp3) is 0.667. The Morgan fingerprint density at radius 3 is 2.71 bits per heavy atom. The molecule has 17 heavy (non-hydrogen) atoms. The van der Waals surface area contributed by atoms with Crippen molar-refractivity contribution in [1.29, 1.82) is 0 Å². The van der Waals surface area contributed by atoms with Crippen molar-refractivity contribution >= 4 is 5.91 Å². The van der Waals surface area contributed by atoms with E-state index < -0.39 is 0 Å². The van der Waals surface area contributed by atoms with Crippen LogP contribution >= 0.6 is 0 Å². The van der Waals surface area contributed by atoms with Crippen molar-refractivity contribution < 1.29 is 14.1 Å². The van der Waals surface area contributed by atoms with Crippen molar-refractivity contribution in [2.45, 2.75) is 32.6 Å². The number of aryl methyl sites for hydroxylation is 1. The summed E-state index contributed by atoms with van der Waals surface area (Å²) in [5, 5.41) is 3.68. The van der Waals surface area contributed by atoms with E-state index in [9.17, 15) is 4.79 Å². The lowest BCUT2D eigenvalue weighted by Gasteiger charge is -2.19. The molecule has 0 N–H and O–H groups in total. The van der Waals surface area contributed by atoms with Crippen LogP contribution in [-0.2, 0) is 4.79 Å². The van der Waals surface area contributed by atoms with Crippen molar-refractivity contribution in [3.63, 3.8) is 0 Å². The first-order chi connectivity index (χ1) is 8.25. The van der Waals surface area contributed by atoms with Crippen LogP contribution in [0, 0.1) is 6.92 Å². The van der Waals surface area contributed by atoms with Crippen LogP contribution in [0.4, 0.5) is 0 Å². The van der Waals surface area contributed by atoms with Gasteiger partial charge in [0.1, 0.15) is 5.76 Å². The van der Waals surface area contributed by atoms with E-state index >= 15 is 0 Å². The van der Waals surface area contributed by atoms with Crippen LogP contribution in [-0.4, -0.2) is 35.7 Å². The third kappa shape index (κ3) is 3.47. The highest BCUT2D eigenvalue weighted by atomic mass is 16.5. The van der Waals surface area contributed by atoms with E-state index in [1.165, 1.54) is 12.8 Å². The van der Waals surface area contributed by atoms with E-state index in [0.717, 1.165) is 25.9 Å². The van der Waals surface area contributed by atoms with Crippen LogP contribution < -0.4 is 4.74 Å². The number of amides is 1. The minimum absolute atomic E-state index is 0.0348. The lowest BCUT2D eigenvalue weighted by atomic mass is 10.2. The third-order valence-electron chi connectivity index (χ3n) is 2.91. The second-order valence-electron chi connectivity index (χ2n) is 4.36.